The summed E-state index contributed by atoms with van der Waals surface area (Å²) >= 11 is 2.79. The summed E-state index contributed by atoms with van der Waals surface area (Å²) in [6.07, 6.45) is 2.39. The van der Waals surface area contributed by atoms with E-state index in [9.17, 15) is 14.4 Å². The Balaban J connectivity index is 1.38. The SMILES string of the molecule is CC(C)(C)OC(=O)NC1S[C@@H]2CC(=O)N2C(C(=O)OC(c2ccccc2)c2ccccc2)=C1CSc1ccn2nccc2n1. The monoisotopic (exact) mass is 629 g/mol. The lowest BCUT2D eigenvalue weighted by Gasteiger charge is -2.47. The predicted molar refractivity (Wildman–Crippen MR) is 168 cm³/mol. The van der Waals surface area contributed by atoms with Gasteiger partial charge in [0.15, 0.2) is 11.8 Å². The van der Waals surface area contributed by atoms with Gasteiger partial charge >= 0.3 is 12.1 Å². The van der Waals surface area contributed by atoms with Crippen LogP contribution in [0, 0.1) is 0 Å². The zero-order chi connectivity index (χ0) is 30.8. The second kappa shape index (κ2) is 12.4. The molecule has 1 unspecified atom stereocenters. The third-order valence-corrected chi connectivity index (χ3v) is 9.28. The van der Waals surface area contributed by atoms with Gasteiger partial charge in [-0.1, -0.05) is 60.7 Å². The first-order chi connectivity index (χ1) is 21.2. The van der Waals surface area contributed by atoms with Gasteiger partial charge in [-0.2, -0.15) is 5.10 Å². The van der Waals surface area contributed by atoms with Gasteiger partial charge in [-0.15, -0.1) is 23.5 Å². The molecule has 44 heavy (non-hydrogen) atoms. The molecule has 0 bridgehead atoms. The highest BCUT2D eigenvalue weighted by molar-refractivity contribution is 8.01. The van der Waals surface area contributed by atoms with E-state index in [0.29, 0.717) is 16.2 Å². The van der Waals surface area contributed by atoms with Gasteiger partial charge in [0, 0.05) is 23.6 Å². The van der Waals surface area contributed by atoms with Crippen LogP contribution in [0.1, 0.15) is 44.4 Å². The number of ether oxygens (including phenoxy) is 2. The Kier molecular flexibility index (Phi) is 8.37. The largest absolute Gasteiger partial charge is 0.448 e. The summed E-state index contributed by atoms with van der Waals surface area (Å²) in [4.78, 5) is 46.3. The highest BCUT2D eigenvalue weighted by atomic mass is 32.2. The van der Waals surface area contributed by atoms with Crippen molar-refractivity contribution in [3.63, 3.8) is 0 Å². The summed E-state index contributed by atoms with van der Waals surface area (Å²) in [6, 6.07) is 22.6. The molecule has 1 fully saturated rings. The Hall–Kier alpha value is -4.29. The number of fused-ring (bicyclic) bond motifs is 2. The van der Waals surface area contributed by atoms with Gasteiger partial charge in [-0.25, -0.2) is 19.1 Å². The first-order valence-corrected chi connectivity index (χ1v) is 16.0. The molecule has 2 amide bonds. The van der Waals surface area contributed by atoms with Crippen molar-refractivity contribution in [1.82, 2.24) is 24.8 Å². The van der Waals surface area contributed by atoms with Crippen molar-refractivity contribution in [3.05, 3.63) is 108 Å². The van der Waals surface area contributed by atoms with Crippen LogP contribution in [0.15, 0.2) is 101 Å². The molecule has 4 heterocycles. The van der Waals surface area contributed by atoms with Crippen molar-refractivity contribution < 1.29 is 23.9 Å². The van der Waals surface area contributed by atoms with E-state index < -0.39 is 29.1 Å². The maximum absolute atomic E-state index is 14.2. The number of hydrogen-bond acceptors (Lipinski definition) is 9. The molecule has 2 aromatic carbocycles. The van der Waals surface area contributed by atoms with E-state index in [0.717, 1.165) is 11.1 Å². The fraction of sp³-hybridized carbons (Fsp3) is 0.281. The van der Waals surface area contributed by atoms with Gasteiger partial charge in [0.25, 0.3) is 0 Å². The van der Waals surface area contributed by atoms with Crippen LogP contribution in [-0.2, 0) is 19.1 Å². The Labute approximate surface area is 263 Å². The smallest absolute Gasteiger partial charge is 0.408 e. The second-order valence-electron chi connectivity index (χ2n) is 11.3. The first-order valence-electron chi connectivity index (χ1n) is 14.1. The number of rotatable bonds is 8. The number of carbonyl (C=O) groups is 3. The molecule has 2 aromatic heterocycles. The van der Waals surface area contributed by atoms with Crippen molar-refractivity contribution in [3.8, 4) is 0 Å². The lowest BCUT2D eigenvalue weighted by Crippen LogP contribution is -2.58. The highest BCUT2D eigenvalue weighted by Gasteiger charge is 2.50. The second-order valence-corrected chi connectivity index (χ2v) is 13.5. The minimum absolute atomic E-state index is 0.140. The van der Waals surface area contributed by atoms with Crippen molar-refractivity contribution in [2.24, 2.45) is 0 Å². The fourth-order valence-electron chi connectivity index (χ4n) is 4.97. The normalized spacial score (nSPS) is 18.2. The van der Waals surface area contributed by atoms with E-state index in [1.807, 2.05) is 66.7 Å². The molecule has 2 aliphatic rings. The Bertz CT molecular complexity index is 1680. The Morgan fingerprint density at radius 1 is 1.05 bits per heavy atom. The zero-order valence-corrected chi connectivity index (χ0v) is 26.0. The number of alkyl carbamates (subject to hydrolysis) is 1. The van der Waals surface area contributed by atoms with Crippen LogP contribution < -0.4 is 5.32 Å². The predicted octanol–water partition coefficient (Wildman–Crippen LogP) is 5.56. The number of amides is 2. The minimum Gasteiger partial charge on any atom is -0.448 e. The molecule has 0 radical (unpaired) electrons. The molecule has 6 rings (SSSR count). The van der Waals surface area contributed by atoms with Crippen LogP contribution in [-0.4, -0.2) is 59.6 Å². The molecule has 2 aliphatic heterocycles. The number of β-lactam (4-membered cyclic amide) rings is 1. The topological polar surface area (TPSA) is 115 Å². The van der Waals surface area contributed by atoms with Crippen LogP contribution in [0.25, 0.3) is 5.65 Å². The van der Waals surface area contributed by atoms with Crippen LogP contribution in [0.5, 0.6) is 0 Å². The van der Waals surface area contributed by atoms with Crippen molar-refractivity contribution in [1.29, 1.82) is 0 Å². The number of nitrogens with one attached hydrogen (secondary N) is 1. The number of aromatic nitrogens is 3. The van der Waals surface area contributed by atoms with Crippen LogP contribution in [0.2, 0.25) is 0 Å². The van der Waals surface area contributed by atoms with Gasteiger partial charge in [-0.05, 0) is 38.0 Å². The summed E-state index contributed by atoms with van der Waals surface area (Å²) < 4.78 is 13.5. The highest BCUT2D eigenvalue weighted by Crippen LogP contribution is 2.45. The number of hydrogen-bond donors (Lipinski definition) is 1. The van der Waals surface area contributed by atoms with E-state index >= 15 is 0 Å². The fourth-order valence-corrected chi connectivity index (χ4v) is 7.42. The molecule has 226 valence electrons. The summed E-state index contributed by atoms with van der Waals surface area (Å²) in [5.74, 6) is -0.568. The average Bonchev–Trinajstić information content (AvgIpc) is 3.46. The Morgan fingerprint density at radius 3 is 2.36 bits per heavy atom. The molecular weight excluding hydrogens is 599 g/mol. The van der Waals surface area contributed by atoms with Gasteiger partial charge in [0.1, 0.15) is 21.7 Å². The van der Waals surface area contributed by atoms with Gasteiger partial charge in [-0.3, -0.25) is 9.69 Å². The average molecular weight is 630 g/mol. The summed E-state index contributed by atoms with van der Waals surface area (Å²) in [5.41, 5.74) is 2.22. The van der Waals surface area contributed by atoms with Crippen LogP contribution >= 0.6 is 23.5 Å². The number of esters is 1. The summed E-state index contributed by atoms with van der Waals surface area (Å²) in [6.45, 7) is 5.36. The third-order valence-electron chi connectivity index (χ3n) is 6.94. The van der Waals surface area contributed by atoms with Gasteiger partial charge in [0.2, 0.25) is 5.91 Å². The van der Waals surface area contributed by atoms with Crippen molar-refractivity contribution >= 4 is 47.1 Å². The summed E-state index contributed by atoms with van der Waals surface area (Å²) in [7, 11) is 0. The molecule has 0 aliphatic carbocycles. The van der Waals surface area contributed by atoms with Gasteiger partial charge < -0.3 is 14.8 Å². The molecule has 10 nitrogen and oxygen atoms in total. The maximum Gasteiger partial charge on any atom is 0.408 e. The molecule has 2 atom stereocenters. The van der Waals surface area contributed by atoms with Crippen molar-refractivity contribution in [2.45, 2.75) is 54.7 Å². The van der Waals surface area contributed by atoms with Crippen LogP contribution in [0.3, 0.4) is 0 Å². The molecule has 1 N–H and O–H groups in total. The zero-order valence-electron chi connectivity index (χ0n) is 24.4. The van der Waals surface area contributed by atoms with E-state index in [4.69, 9.17) is 9.47 Å². The lowest BCUT2D eigenvalue weighted by atomic mass is 10.0. The number of benzene rings is 2. The first kappa shape index (κ1) is 29.8. The number of nitrogens with zero attached hydrogens (tertiary/aromatic N) is 4. The molecule has 0 saturated carbocycles. The van der Waals surface area contributed by atoms with Crippen molar-refractivity contribution in [2.75, 3.05) is 5.75 Å². The van der Waals surface area contributed by atoms with Crippen LogP contribution in [0.4, 0.5) is 4.79 Å². The van der Waals surface area contributed by atoms with E-state index in [2.05, 4.69) is 15.4 Å². The molecule has 1 saturated heterocycles. The molecule has 0 spiro atoms. The Morgan fingerprint density at radius 2 is 1.73 bits per heavy atom. The summed E-state index contributed by atoms with van der Waals surface area (Å²) in [5, 5.41) is 6.87. The molecular formula is C32H31N5O5S2. The number of thioether (sulfide) groups is 2. The van der Waals surface area contributed by atoms with Gasteiger partial charge in [0.05, 0.1) is 18.0 Å². The van der Waals surface area contributed by atoms with E-state index in [-0.39, 0.29) is 29.2 Å². The quantitative estimate of drug-likeness (QED) is 0.116. The minimum atomic E-state index is -0.717. The molecule has 4 aromatic rings. The third kappa shape index (κ3) is 6.46. The molecule has 12 heteroatoms. The number of carbonyl (C=O) groups excluding carboxylic acids is 3. The standard InChI is InChI=1S/C32H31N5O5S2/c1-32(2,3)42-31(40)35-29-22(19-43-24-15-17-36-23(34-24)14-16-33-36)27(37-25(38)18-26(37)44-29)30(39)41-28(20-10-6-4-7-11-20)21-12-8-5-9-13-21/h4-17,26,28-29H,18-19H2,1-3H3,(H,35,40)/t26-,29?/m1/s1. The van der Waals surface area contributed by atoms with E-state index in [1.165, 1.54) is 28.4 Å². The lowest BCUT2D eigenvalue weighted by molar-refractivity contribution is -0.151. The van der Waals surface area contributed by atoms with E-state index in [1.54, 1.807) is 43.7 Å². The maximum atomic E-state index is 14.2.